The van der Waals surface area contributed by atoms with E-state index in [-0.39, 0.29) is 41.0 Å². The fourth-order valence-corrected chi connectivity index (χ4v) is 14.0. The van der Waals surface area contributed by atoms with Crippen LogP contribution in [0.2, 0.25) is 0 Å². The number of carbonyl (C=O) groups is 2. The van der Waals surface area contributed by atoms with Gasteiger partial charge in [-0.05, 0) is 107 Å². The van der Waals surface area contributed by atoms with Crippen molar-refractivity contribution in [1.29, 1.82) is 0 Å². The van der Waals surface area contributed by atoms with E-state index in [1.807, 2.05) is 12.2 Å². The Morgan fingerprint density at radius 1 is 0.875 bits per heavy atom. The summed E-state index contributed by atoms with van der Waals surface area (Å²) < 4.78 is 77.6. The summed E-state index contributed by atoms with van der Waals surface area (Å²) in [6, 6.07) is 8.31. The zero-order chi connectivity index (χ0) is 50.6. The van der Waals surface area contributed by atoms with Gasteiger partial charge in [0.25, 0.3) is 10.1 Å². The molecule has 5 N–H and O–H groups in total. The van der Waals surface area contributed by atoms with E-state index in [9.17, 15) is 41.2 Å². The Bertz CT molecular complexity index is 2980. The van der Waals surface area contributed by atoms with Gasteiger partial charge in [0.1, 0.15) is 35.3 Å². The summed E-state index contributed by atoms with van der Waals surface area (Å²) in [5.74, 6) is 0.722. The maximum Gasteiger partial charge on any atom is 0.295 e. The average molecular weight is 1030 g/mol. The third kappa shape index (κ3) is 11.3. The standard InChI is InChI=1S/C56H72N4O10S2/c1-2-3-7-18-39(61)23-25-42-41(48(62)36-49(42)63)19-8-4-5-9-22-51(64)57-27-10-6-11-28-58-71(65,66)40-24-26-43(50(35-40)72(67,68)69)52-46-33-37-16-12-29-59-31-14-20-44(53(37)59)55(46)70-56-45-21-15-32-60-30-13-17-38(54(45)60)34-47(52)56/h4,8,23-26,33-35,39,41-42,48,58,61-62H,2-3,5-7,9-22,27-32,36H2,1H3,(H-,57,64,67,68,69)/p+1/b8-4-,25-23+/t39?,41?,42-,48?/m1/s1. The molecule has 388 valence electrons. The summed E-state index contributed by atoms with van der Waals surface area (Å²) in [5.41, 5.74) is 7.49. The summed E-state index contributed by atoms with van der Waals surface area (Å²) in [6.07, 6.45) is 21.3. The third-order valence-corrected chi connectivity index (χ3v) is 18.0. The van der Waals surface area contributed by atoms with Gasteiger partial charge in [0.2, 0.25) is 21.3 Å². The monoisotopic (exact) mass is 1030 g/mol. The van der Waals surface area contributed by atoms with Crippen LogP contribution in [0.25, 0.3) is 5.57 Å². The maximum atomic E-state index is 13.8. The predicted molar refractivity (Wildman–Crippen MR) is 278 cm³/mol. The van der Waals surface area contributed by atoms with Crippen molar-refractivity contribution in [2.45, 2.75) is 157 Å². The molecule has 72 heavy (non-hydrogen) atoms. The topological polar surface area (TPSA) is 203 Å². The Morgan fingerprint density at radius 3 is 2.44 bits per heavy atom. The number of aliphatic hydroxyl groups is 2. The Balaban J connectivity index is 0.812. The molecule has 14 nitrogen and oxygen atoms in total. The highest BCUT2D eigenvalue weighted by molar-refractivity contribution is 7.89. The number of ether oxygens (including phenoxy) is 1. The number of carbonyl (C=O) groups excluding carboxylic acids is 2. The van der Waals surface area contributed by atoms with Crippen LogP contribution in [-0.2, 0) is 55.4 Å². The van der Waals surface area contributed by atoms with Crippen LogP contribution in [0.1, 0.15) is 143 Å². The van der Waals surface area contributed by atoms with Gasteiger partial charge in [-0.15, -0.1) is 0 Å². The molecule has 9 rings (SSSR count). The van der Waals surface area contributed by atoms with E-state index in [4.69, 9.17) is 4.74 Å². The Labute approximate surface area is 425 Å². The fraction of sp³-hybridized carbons (Fsp3) is 0.554. The quantitative estimate of drug-likeness (QED) is 0.0263. The van der Waals surface area contributed by atoms with Gasteiger partial charge >= 0.3 is 0 Å². The molecule has 0 saturated heterocycles. The molecule has 3 unspecified atom stereocenters. The van der Waals surface area contributed by atoms with Gasteiger partial charge in [0.05, 0.1) is 22.7 Å². The molecule has 0 spiro atoms. The molecule has 0 aromatic heterocycles. The molecular weight excluding hydrogens is 953 g/mol. The van der Waals surface area contributed by atoms with Gasteiger partial charge in [-0.1, -0.05) is 63.0 Å². The summed E-state index contributed by atoms with van der Waals surface area (Å²) in [7, 11) is -9.12. The summed E-state index contributed by atoms with van der Waals surface area (Å²) in [6.45, 7) is 6.55. The number of amides is 1. The Kier molecular flexibility index (Phi) is 16.5. The number of aliphatic hydroxyl groups excluding tert-OH is 2. The highest BCUT2D eigenvalue weighted by Gasteiger charge is 2.40. The first kappa shape index (κ1) is 52.2. The van der Waals surface area contributed by atoms with Gasteiger partial charge in [-0.3, -0.25) is 14.1 Å². The van der Waals surface area contributed by atoms with Gasteiger partial charge in [-0.25, -0.2) is 17.7 Å². The highest BCUT2D eigenvalue weighted by atomic mass is 32.2. The summed E-state index contributed by atoms with van der Waals surface area (Å²) in [5, 5.41) is 25.7. The minimum Gasteiger partial charge on any atom is -0.455 e. The lowest BCUT2D eigenvalue weighted by atomic mass is 9.82. The smallest absolute Gasteiger partial charge is 0.295 e. The van der Waals surface area contributed by atoms with Crippen LogP contribution in [0.15, 0.2) is 64.4 Å². The minimum absolute atomic E-state index is 0.00608. The lowest BCUT2D eigenvalue weighted by Crippen LogP contribution is -2.45. The van der Waals surface area contributed by atoms with Gasteiger partial charge in [0.15, 0.2) is 0 Å². The van der Waals surface area contributed by atoms with Gasteiger partial charge in [0, 0.05) is 102 Å². The second-order valence-corrected chi connectivity index (χ2v) is 23.9. The number of ketones is 1. The van der Waals surface area contributed by atoms with Crippen molar-refractivity contribution in [2.24, 2.45) is 11.8 Å². The van der Waals surface area contributed by atoms with E-state index in [0.29, 0.717) is 63.5 Å². The molecule has 4 atom stereocenters. The van der Waals surface area contributed by atoms with E-state index >= 15 is 0 Å². The number of unbranched alkanes of at least 4 members (excludes halogenated alkanes) is 5. The number of aryl methyl sites for hydroxylation is 2. The van der Waals surface area contributed by atoms with Crippen molar-refractivity contribution in [3.8, 4) is 11.5 Å². The van der Waals surface area contributed by atoms with Crippen LogP contribution in [0.5, 0.6) is 11.5 Å². The largest absolute Gasteiger partial charge is 0.455 e. The molecule has 1 amide bonds. The van der Waals surface area contributed by atoms with Crippen LogP contribution in [0, 0.1) is 11.8 Å². The average Bonchev–Trinajstić information content (AvgIpc) is 3.63. The molecule has 6 aliphatic rings. The molecule has 0 radical (unpaired) electrons. The van der Waals surface area contributed by atoms with Crippen LogP contribution in [-0.4, -0.2) is 94.8 Å². The van der Waals surface area contributed by atoms with E-state index in [1.54, 1.807) is 12.2 Å². The van der Waals surface area contributed by atoms with Crippen molar-refractivity contribution < 1.29 is 45.9 Å². The third-order valence-electron chi connectivity index (χ3n) is 15.7. The van der Waals surface area contributed by atoms with Crippen LogP contribution < -0.4 is 34.8 Å². The molecule has 5 aliphatic heterocycles. The lowest BCUT2D eigenvalue weighted by molar-refractivity contribution is -0.121. The predicted octanol–water partition coefficient (Wildman–Crippen LogP) is 6.11. The van der Waals surface area contributed by atoms with Crippen LogP contribution in [0.3, 0.4) is 0 Å². The molecule has 0 bridgehead atoms. The second-order valence-electron chi connectivity index (χ2n) is 20.8. The van der Waals surface area contributed by atoms with Crippen molar-refractivity contribution in [3.63, 3.8) is 0 Å². The first-order valence-electron chi connectivity index (χ1n) is 26.8. The summed E-state index contributed by atoms with van der Waals surface area (Å²) in [4.78, 5) is 26.8. The number of hydrogen-bond donors (Lipinski definition) is 5. The first-order chi connectivity index (χ1) is 34.7. The van der Waals surface area contributed by atoms with Crippen molar-refractivity contribution in [1.82, 2.24) is 14.6 Å². The Hall–Kier alpha value is -4.71. The molecule has 5 heterocycles. The maximum absolute atomic E-state index is 13.8. The lowest BCUT2D eigenvalue weighted by Gasteiger charge is -2.39. The van der Waals surface area contributed by atoms with E-state index < -0.39 is 43.2 Å². The minimum atomic E-state index is -4.94. The van der Waals surface area contributed by atoms with Crippen LogP contribution >= 0.6 is 0 Å². The SMILES string of the molecule is CCCCCC(O)/C=C/[C@H]1C(=O)CC(O)C1C/C=C\CCCC(=O)NCCCCCNS(=O)(=O)c1ccc(C2=c3cc4c5c(c3Oc3c2cc2c6c3CCCN6CCC2)CCC[N+]=5CCC4)c(S(=O)(=O)O)c1. The van der Waals surface area contributed by atoms with Gasteiger partial charge in [-0.2, -0.15) is 8.42 Å². The molecular formula is C56H73N4O10S2+. The zero-order valence-corrected chi connectivity index (χ0v) is 43.4. The number of benzene rings is 3. The fourth-order valence-electron chi connectivity index (χ4n) is 12.2. The van der Waals surface area contributed by atoms with Crippen LogP contribution in [0.4, 0.5) is 5.69 Å². The van der Waals surface area contributed by atoms with Crippen molar-refractivity contribution in [2.75, 3.05) is 44.2 Å². The number of anilines is 1. The first-order valence-corrected chi connectivity index (χ1v) is 29.7. The number of allylic oxidation sites excluding steroid dienone is 3. The van der Waals surface area contributed by atoms with E-state index in [1.165, 1.54) is 34.3 Å². The molecule has 3 aromatic carbocycles. The number of Topliss-reactive ketones (excluding diaryl/α,β-unsaturated/α-hetero) is 1. The molecule has 1 fully saturated rings. The number of rotatable bonds is 22. The molecule has 16 heteroatoms. The number of nitrogens with one attached hydrogen (secondary N) is 2. The second kappa shape index (κ2) is 22.8. The number of nitrogens with zero attached hydrogens (tertiary/aromatic N) is 2. The van der Waals surface area contributed by atoms with Crippen molar-refractivity contribution >= 4 is 43.1 Å². The van der Waals surface area contributed by atoms with E-state index in [0.717, 1.165) is 136 Å². The van der Waals surface area contributed by atoms with Gasteiger partial charge < -0.3 is 25.2 Å². The summed E-state index contributed by atoms with van der Waals surface area (Å²) >= 11 is 0. The number of sulfonamides is 1. The molecule has 1 aliphatic carbocycles. The zero-order valence-electron chi connectivity index (χ0n) is 41.8. The Morgan fingerprint density at radius 2 is 1.64 bits per heavy atom. The number of fused-ring (bicyclic) bond motifs is 4. The number of hydrogen-bond acceptors (Lipinski definition) is 10. The van der Waals surface area contributed by atoms with E-state index in [2.05, 4.69) is 38.6 Å². The molecule has 3 aromatic rings. The molecule has 1 saturated carbocycles. The normalized spacial score (nSPS) is 20.9. The highest BCUT2D eigenvalue weighted by Crippen LogP contribution is 2.49. The van der Waals surface area contributed by atoms with Crippen molar-refractivity contribution in [3.05, 3.63) is 98.6 Å².